The molecule has 3 rings (SSSR count). The molecule has 0 saturated heterocycles. The van der Waals surface area contributed by atoms with Crippen LogP contribution >= 0.6 is 0 Å². The van der Waals surface area contributed by atoms with E-state index in [2.05, 4.69) is 0 Å². The number of amides is 1. The van der Waals surface area contributed by atoms with E-state index >= 15 is 0 Å². The van der Waals surface area contributed by atoms with Gasteiger partial charge in [-0.15, -0.1) is 0 Å². The van der Waals surface area contributed by atoms with Crippen molar-refractivity contribution < 1.29 is 19.4 Å². The summed E-state index contributed by atoms with van der Waals surface area (Å²) in [5.74, 6) is 1.14. The molecule has 1 aliphatic rings. The number of carbonyl (C=O) groups is 1. The van der Waals surface area contributed by atoms with Crippen molar-refractivity contribution >= 4 is 5.91 Å². The Morgan fingerprint density at radius 1 is 1.17 bits per heavy atom. The van der Waals surface area contributed by atoms with Gasteiger partial charge in [0.1, 0.15) is 5.60 Å². The third-order valence-electron chi connectivity index (χ3n) is 4.69. The van der Waals surface area contributed by atoms with Crippen molar-refractivity contribution in [3.8, 4) is 11.5 Å². The van der Waals surface area contributed by atoms with E-state index in [4.69, 9.17) is 9.47 Å². The molecule has 24 heavy (non-hydrogen) atoms. The van der Waals surface area contributed by atoms with Gasteiger partial charge in [0.25, 0.3) is 5.91 Å². The maximum absolute atomic E-state index is 12.6. The van der Waals surface area contributed by atoms with Gasteiger partial charge in [-0.3, -0.25) is 4.79 Å². The van der Waals surface area contributed by atoms with E-state index in [1.54, 1.807) is 49.2 Å². The molecule has 2 atom stereocenters. The lowest BCUT2D eigenvalue weighted by Crippen LogP contribution is -2.48. The Kier molecular flexibility index (Phi) is 4.20. The Labute approximate surface area is 141 Å². The Morgan fingerprint density at radius 2 is 1.83 bits per heavy atom. The first kappa shape index (κ1) is 16.3. The first-order valence-electron chi connectivity index (χ1n) is 7.86. The van der Waals surface area contributed by atoms with E-state index < -0.39 is 11.6 Å². The largest absolute Gasteiger partial charge is 0.454 e. The van der Waals surface area contributed by atoms with Gasteiger partial charge in [0, 0.05) is 12.6 Å². The minimum absolute atomic E-state index is 0.135. The number of hydrogen-bond donors (Lipinski definition) is 1. The number of likely N-dealkylation sites (N-methyl/N-ethyl adjacent to an activating group) is 1. The second kappa shape index (κ2) is 6.17. The molecule has 126 valence electrons. The summed E-state index contributed by atoms with van der Waals surface area (Å²) in [6.07, 6.45) is 0. The standard InChI is InChI=1S/C19H21NO4/c1-13(20(3)18(21)14-7-5-4-6-8-14)19(2,22)15-9-10-16-17(11-15)24-12-23-16/h4-11,13,22H,12H2,1-3H3/t13-,19?/m0/s1. The van der Waals surface area contributed by atoms with Crippen LogP contribution < -0.4 is 9.47 Å². The lowest BCUT2D eigenvalue weighted by Gasteiger charge is -2.37. The van der Waals surface area contributed by atoms with Crippen LogP contribution in [0.3, 0.4) is 0 Å². The van der Waals surface area contributed by atoms with Gasteiger partial charge in [0.2, 0.25) is 6.79 Å². The number of ether oxygens (including phenoxy) is 2. The third-order valence-corrected chi connectivity index (χ3v) is 4.69. The molecule has 5 nitrogen and oxygen atoms in total. The summed E-state index contributed by atoms with van der Waals surface area (Å²) >= 11 is 0. The molecule has 2 aromatic carbocycles. The lowest BCUT2D eigenvalue weighted by atomic mass is 9.88. The van der Waals surface area contributed by atoms with Gasteiger partial charge in [-0.2, -0.15) is 0 Å². The summed E-state index contributed by atoms with van der Waals surface area (Å²) in [6, 6.07) is 13.9. The van der Waals surface area contributed by atoms with Crippen LogP contribution in [0.25, 0.3) is 0 Å². The Bertz CT molecular complexity index is 742. The number of benzene rings is 2. The van der Waals surface area contributed by atoms with Crippen molar-refractivity contribution in [3.05, 3.63) is 59.7 Å². The number of carbonyl (C=O) groups excluding carboxylic acids is 1. The van der Waals surface area contributed by atoms with Crippen LogP contribution in [0.2, 0.25) is 0 Å². The number of aliphatic hydroxyl groups is 1. The smallest absolute Gasteiger partial charge is 0.253 e. The van der Waals surface area contributed by atoms with E-state index in [1.807, 2.05) is 25.1 Å². The number of nitrogens with zero attached hydrogens (tertiary/aromatic N) is 1. The highest BCUT2D eigenvalue weighted by molar-refractivity contribution is 5.94. The van der Waals surface area contributed by atoms with E-state index in [-0.39, 0.29) is 12.7 Å². The van der Waals surface area contributed by atoms with E-state index in [1.165, 1.54) is 0 Å². The highest BCUT2D eigenvalue weighted by Gasteiger charge is 2.36. The van der Waals surface area contributed by atoms with E-state index in [0.29, 0.717) is 22.6 Å². The summed E-state index contributed by atoms with van der Waals surface area (Å²) in [6.45, 7) is 3.71. The van der Waals surface area contributed by atoms with Crippen LogP contribution in [0.5, 0.6) is 11.5 Å². The van der Waals surface area contributed by atoms with Crippen molar-refractivity contribution in [3.63, 3.8) is 0 Å². The van der Waals surface area contributed by atoms with Crippen molar-refractivity contribution in [2.45, 2.75) is 25.5 Å². The molecule has 0 aliphatic carbocycles. The number of hydrogen-bond acceptors (Lipinski definition) is 4. The molecule has 0 radical (unpaired) electrons. The Morgan fingerprint density at radius 3 is 2.54 bits per heavy atom. The second-order valence-corrected chi connectivity index (χ2v) is 6.17. The van der Waals surface area contributed by atoms with Crippen LogP contribution in [0.4, 0.5) is 0 Å². The van der Waals surface area contributed by atoms with Crippen molar-refractivity contribution in [1.82, 2.24) is 4.90 Å². The van der Waals surface area contributed by atoms with Crippen LogP contribution in [0.1, 0.15) is 29.8 Å². The Hall–Kier alpha value is -2.53. The number of fused-ring (bicyclic) bond motifs is 1. The highest BCUT2D eigenvalue weighted by Crippen LogP contribution is 2.37. The zero-order chi connectivity index (χ0) is 17.3. The van der Waals surface area contributed by atoms with Crippen molar-refractivity contribution in [2.24, 2.45) is 0 Å². The van der Waals surface area contributed by atoms with Gasteiger partial charge in [-0.25, -0.2) is 0 Å². The molecule has 5 heteroatoms. The maximum atomic E-state index is 12.6. The predicted molar refractivity (Wildman–Crippen MR) is 90.1 cm³/mol. The molecule has 1 amide bonds. The first-order chi connectivity index (χ1) is 11.4. The zero-order valence-electron chi connectivity index (χ0n) is 14.0. The molecule has 1 heterocycles. The third kappa shape index (κ3) is 2.83. The van der Waals surface area contributed by atoms with E-state index in [0.717, 1.165) is 0 Å². The SMILES string of the molecule is C[C@H](N(C)C(=O)c1ccccc1)C(C)(O)c1ccc2c(c1)OCO2. The summed E-state index contributed by atoms with van der Waals surface area (Å²) in [7, 11) is 1.70. The van der Waals surface area contributed by atoms with Gasteiger partial charge in [0.05, 0.1) is 6.04 Å². The van der Waals surface area contributed by atoms with Gasteiger partial charge < -0.3 is 19.5 Å². The van der Waals surface area contributed by atoms with Crippen LogP contribution in [0.15, 0.2) is 48.5 Å². The number of rotatable bonds is 4. The minimum atomic E-state index is -1.24. The predicted octanol–water partition coefficient (Wildman–Crippen LogP) is 2.78. The molecule has 1 aliphatic heterocycles. The second-order valence-electron chi connectivity index (χ2n) is 6.17. The molecule has 0 fully saturated rings. The quantitative estimate of drug-likeness (QED) is 0.938. The van der Waals surface area contributed by atoms with Gasteiger partial charge in [-0.05, 0) is 43.7 Å². The fraction of sp³-hybridized carbons (Fsp3) is 0.316. The van der Waals surface area contributed by atoms with Gasteiger partial charge >= 0.3 is 0 Å². The van der Waals surface area contributed by atoms with Crippen LogP contribution in [-0.4, -0.2) is 35.8 Å². The fourth-order valence-electron chi connectivity index (χ4n) is 2.79. The average molecular weight is 327 g/mol. The van der Waals surface area contributed by atoms with E-state index in [9.17, 15) is 9.90 Å². The zero-order valence-corrected chi connectivity index (χ0v) is 14.0. The van der Waals surface area contributed by atoms with Gasteiger partial charge in [-0.1, -0.05) is 24.3 Å². The molecular formula is C19H21NO4. The lowest BCUT2D eigenvalue weighted by molar-refractivity contribution is -0.0174. The normalized spacial score (nSPS) is 16.3. The topological polar surface area (TPSA) is 59.0 Å². The molecule has 0 aromatic heterocycles. The molecule has 1 N–H and O–H groups in total. The van der Waals surface area contributed by atoms with Crippen molar-refractivity contribution in [1.29, 1.82) is 0 Å². The molecule has 0 spiro atoms. The highest BCUT2D eigenvalue weighted by atomic mass is 16.7. The monoisotopic (exact) mass is 327 g/mol. The van der Waals surface area contributed by atoms with Gasteiger partial charge in [0.15, 0.2) is 11.5 Å². The molecule has 2 aromatic rings. The molecule has 0 bridgehead atoms. The van der Waals surface area contributed by atoms with Crippen LogP contribution in [-0.2, 0) is 5.60 Å². The summed E-state index contributed by atoms with van der Waals surface area (Å²) in [5, 5.41) is 11.1. The maximum Gasteiger partial charge on any atom is 0.253 e. The summed E-state index contributed by atoms with van der Waals surface area (Å²) in [5.41, 5.74) is 0.0282. The molecule has 0 saturated carbocycles. The molecule has 1 unspecified atom stereocenters. The molecular weight excluding hydrogens is 306 g/mol. The Balaban J connectivity index is 1.84. The van der Waals surface area contributed by atoms with Crippen LogP contribution in [0, 0.1) is 0 Å². The average Bonchev–Trinajstić information content (AvgIpc) is 3.08. The first-order valence-corrected chi connectivity index (χ1v) is 7.86. The summed E-state index contributed by atoms with van der Waals surface area (Å²) < 4.78 is 10.7. The summed E-state index contributed by atoms with van der Waals surface area (Å²) in [4.78, 5) is 14.2. The minimum Gasteiger partial charge on any atom is -0.454 e. The fourth-order valence-corrected chi connectivity index (χ4v) is 2.79. The van der Waals surface area contributed by atoms with Crippen molar-refractivity contribution in [2.75, 3.05) is 13.8 Å².